The highest BCUT2D eigenvalue weighted by atomic mass is 15.2. The van der Waals surface area contributed by atoms with E-state index in [-0.39, 0.29) is 5.54 Å². The molecule has 2 aliphatic rings. The van der Waals surface area contributed by atoms with E-state index < -0.39 is 0 Å². The predicted octanol–water partition coefficient (Wildman–Crippen LogP) is 1.21. The Morgan fingerprint density at radius 3 is 2.25 bits per heavy atom. The molecule has 12 heavy (non-hydrogen) atoms. The lowest BCUT2D eigenvalue weighted by Crippen LogP contribution is -2.51. The zero-order valence-electron chi connectivity index (χ0n) is 8.27. The molecule has 0 amide bonds. The number of nitrogens with two attached hydrogens (primary N) is 1. The maximum Gasteiger partial charge on any atom is 0.0219 e. The summed E-state index contributed by atoms with van der Waals surface area (Å²) in [6, 6.07) is 0. The molecule has 2 N–H and O–H groups in total. The molecule has 0 radical (unpaired) electrons. The van der Waals surface area contributed by atoms with Crippen molar-refractivity contribution in [2.45, 2.75) is 38.6 Å². The van der Waals surface area contributed by atoms with Crippen molar-refractivity contribution in [2.75, 3.05) is 19.6 Å². The van der Waals surface area contributed by atoms with Gasteiger partial charge in [0.1, 0.15) is 0 Å². The van der Waals surface area contributed by atoms with Gasteiger partial charge >= 0.3 is 0 Å². The summed E-state index contributed by atoms with van der Waals surface area (Å²) < 4.78 is 0. The second-order valence-corrected chi connectivity index (χ2v) is 5.17. The highest BCUT2D eigenvalue weighted by molar-refractivity contribution is 5.10. The number of likely N-dealkylation sites (tertiary alicyclic amines) is 1. The smallest absolute Gasteiger partial charge is 0.0219 e. The largest absolute Gasteiger partial charge is 0.325 e. The topological polar surface area (TPSA) is 29.3 Å². The minimum Gasteiger partial charge on any atom is -0.325 e. The molecular weight excluding hydrogens is 148 g/mol. The molecule has 1 saturated carbocycles. The van der Waals surface area contributed by atoms with Crippen LogP contribution in [0.2, 0.25) is 0 Å². The van der Waals surface area contributed by atoms with Crippen LogP contribution in [0, 0.1) is 5.41 Å². The van der Waals surface area contributed by atoms with Gasteiger partial charge < -0.3 is 10.6 Å². The summed E-state index contributed by atoms with van der Waals surface area (Å²) in [5.74, 6) is 0. The molecule has 2 fully saturated rings. The summed E-state index contributed by atoms with van der Waals surface area (Å²) in [6.45, 7) is 8.42. The first kappa shape index (κ1) is 8.52. The molecule has 0 aromatic rings. The molecule has 1 saturated heterocycles. The van der Waals surface area contributed by atoms with Crippen molar-refractivity contribution >= 4 is 0 Å². The van der Waals surface area contributed by atoms with E-state index in [0.29, 0.717) is 5.41 Å². The van der Waals surface area contributed by atoms with Crippen LogP contribution >= 0.6 is 0 Å². The van der Waals surface area contributed by atoms with E-state index in [0.717, 1.165) is 0 Å². The second-order valence-electron chi connectivity index (χ2n) is 5.17. The van der Waals surface area contributed by atoms with Crippen LogP contribution in [0.15, 0.2) is 0 Å². The molecule has 2 nitrogen and oxygen atoms in total. The van der Waals surface area contributed by atoms with E-state index in [9.17, 15) is 0 Å². The summed E-state index contributed by atoms with van der Waals surface area (Å²) in [6.07, 6.45) is 3.84. The van der Waals surface area contributed by atoms with Crippen molar-refractivity contribution in [2.24, 2.45) is 11.1 Å². The third-order valence-electron chi connectivity index (χ3n) is 3.70. The Morgan fingerprint density at radius 2 is 1.92 bits per heavy atom. The van der Waals surface area contributed by atoms with Gasteiger partial charge in [-0.2, -0.15) is 0 Å². The van der Waals surface area contributed by atoms with Crippen molar-refractivity contribution in [3.05, 3.63) is 0 Å². The Bertz CT molecular complexity index is 178. The number of hydrogen-bond acceptors (Lipinski definition) is 2. The zero-order valence-corrected chi connectivity index (χ0v) is 8.27. The first-order chi connectivity index (χ1) is 5.54. The van der Waals surface area contributed by atoms with Gasteiger partial charge in [0.15, 0.2) is 0 Å². The number of rotatable bonds is 3. The standard InChI is InChI=1S/C10H20N2/c1-9(2,10(11)4-5-10)8-12-6-3-7-12/h3-8,11H2,1-2H3. The van der Waals surface area contributed by atoms with E-state index >= 15 is 0 Å². The van der Waals surface area contributed by atoms with Crippen LogP contribution in [-0.4, -0.2) is 30.1 Å². The summed E-state index contributed by atoms with van der Waals surface area (Å²) in [5.41, 5.74) is 6.72. The molecule has 0 atom stereocenters. The van der Waals surface area contributed by atoms with Gasteiger partial charge in [0.25, 0.3) is 0 Å². The molecule has 0 aromatic carbocycles. The molecule has 70 valence electrons. The van der Waals surface area contributed by atoms with Crippen LogP contribution in [-0.2, 0) is 0 Å². The van der Waals surface area contributed by atoms with Crippen molar-refractivity contribution in [1.82, 2.24) is 4.90 Å². The molecule has 1 heterocycles. The second kappa shape index (κ2) is 2.46. The number of hydrogen-bond donors (Lipinski definition) is 1. The molecule has 0 aromatic heterocycles. The van der Waals surface area contributed by atoms with Crippen LogP contribution in [0.3, 0.4) is 0 Å². The van der Waals surface area contributed by atoms with Gasteiger partial charge in [0, 0.05) is 12.1 Å². The lowest BCUT2D eigenvalue weighted by atomic mass is 9.81. The maximum absolute atomic E-state index is 6.22. The molecular formula is C10H20N2. The first-order valence-corrected chi connectivity index (χ1v) is 5.05. The maximum atomic E-state index is 6.22. The van der Waals surface area contributed by atoms with Crippen molar-refractivity contribution in [1.29, 1.82) is 0 Å². The van der Waals surface area contributed by atoms with Gasteiger partial charge in [-0.05, 0) is 37.8 Å². The van der Waals surface area contributed by atoms with Crippen molar-refractivity contribution in [3.8, 4) is 0 Å². The minimum absolute atomic E-state index is 0.169. The van der Waals surface area contributed by atoms with Gasteiger partial charge in [-0.25, -0.2) is 0 Å². The molecule has 0 spiro atoms. The van der Waals surface area contributed by atoms with Crippen LogP contribution < -0.4 is 5.73 Å². The van der Waals surface area contributed by atoms with Gasteiger partial charge in [0.05, 0.1) is 0 Å². The fourth-order valence-corrected chi connectivity index (χ4v) is 2.07. The third kappa shape index (κ3) is 1.27. The molecule has 1 aliphatic carbocycles. The fourth-order valence-electron chi connectivity index (χ4n) is 2.07. The van der Waals surface area contributed by atoms with Gasteiger partial charge in [0.2, 0.25) is 0 Å². The fraction of sp³-hybridized carbons (Fsp3) is 1.00. The van der Waals surface area contributed by atoms with Crippen LogP contribution in [0.1, 0.15) is 33.1 Å². The molecule has 2 heteroatoms. The van der Waals surface area contributed by atoms with E-state index in [1.54, 1.807) is 0 Å². The lowest BCUT2D eigenvalue weighted by Gasteiger charge is -2.41. The normalized spacial score (nSPS) is 28.2. The zero-order chi connectivity index (χ0) is 8.82. The molecule has 0 bridgehead atoms. The molecule has 0 unspecified atom stereocenters. The van der Waals surface area contributed by atoms with Crippen LogP contribution in [0.5, 0.6) is 0 Å². The highest BCUT2D eigenvalue weighted by Crippen LogP contribution is 2.48. The predicted molar refractivity (Wildman–Crippen MR) is 51.0 cm³/mol. The Morgan fingerprint density at radius 1 is 1.33 bits per heavy atom. The summed E-state index contributed by atoms with van der Waals surface area (Å²) >= 11 is 0. The van der Waals surface area contributed by atoms with Crippen LogP contribution in [0.25, 0.3) is 0 Å². The number of nitrogens with zero attached hydrogens (tertiary/aromatic N) is 1. The highest BCUT2D eigenvalue weighted by Gasteiger charge is 2.51. The Balaban J connectivity index is 1.91. The summed E-state index contributed by atoms with van der Waals surface area (Å²) in [5, 5.41) is 0. The lowest BCUT2D eigenvalue weighted by molar-refractivity contribution is 0.0936. The SMILES string of the molecule is CC(C)(CN1CCC1)C1(N)CC1. The average Bonchev–Trinajstić information content (AvgIpc) is 2.61. The van der Waals surface area contributed by atoms with Crippen LogP contribution in [0.4, 0.5) is 0 Å². The van der Waals surface area contributed by atoms with Gasteiger partial charge in [-0.1, -0.05) is 13.8 Å². The van der Waals surface area contributed by atoms with Crippen molar-refractivity contribution < 1.29 is 0 Å². The van der Waals surface area contributed by atoms with Gasteiger partial charge in [-0.15, -0.1) is 0 Å². The third-order valence-corrected chi connectivity index (χ3v) is 3.70. The Kier molecular flexibility index (Phi) is 1.74. The Labute approximate surface area is 75.1 Å². The summed E-state index contributed by atoms with van der Waals surface area (Å²) in [4.78, 5) is 2.52. The monoisotopic (exact) mass is 168 g/mol. The average molecular weight is 168 g/mol. The summed E-state index contributed by atoms with van der Waals surface area (Å²) in [7, 11) is 0. The quantitative estimate of drug-likeness (QED) is 0.686. The van der Waals surface area contributed by atoms with E-state index in [4.69, 9.17) is 5.73 Å². The first-order valence-electron chi connectivity index (χ1n) is 5.05. The van der Waals surface area contributed by atoms with E-state index in [2.05, 4.69) is 18.7 Å². The minimum atomic E-state index is 0.169. The molecule has 2 rings (SSSR count). The molecule has 1 aliphatic heterocycles. The van der Waals surface area contributed by atoms with E-state index in [1.165, 1.54) is 38.9 Å². The Hall–Kier alpha value is -0.0800. The van der Waals surface area contributed by atoms with Crippen molar-refractivity contribution in [3.63, 3.8) is 0 Å². The van der Waals surface area contributed by atoms with E-state index in [1.807, 2.05) is 0 Å². The van der Waals surface area contributed by atoms with Gasteiger partial charge in [-0.3, -0.25) is 0 Å².